The van der Waals surface area contributed by atoms with Crippen molar-refractivity contribution in [2.24, 2.45) is 0 Å². The van der Waals surface area contributed by atoms with Gasteiger partial charge in [-0.05, 0) is 25.1 Å². The molecule has 1 heterocycles. The van der Waals surface area contributed by atoms with Gasteiger partial charge in [0.25, 0.3) is 0 Å². The molecule has 102 valence electrons. The predicted molar refractivity (Wildman–Crippen MR) is 71.5 cm³/mol. The van der Waals surface area contributed by atoms with Crippen LogP contribution in [-0.4, -0.2) is 11.1 Å². The van der Waals surface area contributed by atoms with Crippen LogP contribution < -0.4 is 4.74 Å². The lowest BCUT2D eigenvalue weighted by molar-refractivity contribution is 0.0702. The molecule has 0 radical (unpaired) electrons. The summed E-state index contributed by atoms with van der Waals surface area (Å²) in [4.78, 5) is 11.9. The molecule has 6 heteroatoms. The van der Waals surface area contributed by atoms with E-state index in [1.807, 2.05) is 0 Å². The zero-order chi connectivity index (χ0) is 14.7. The van der Waals surface area contributed by atoms with Gasteiger partial charge in [0.05, 0.1) is 0 Å². The number of hydrogen-bond donors (Lipinski definition) is 1. The average molecular weight is 291 g/mol. The molecule has 2 aromatic rings. The molecule has 20 heavy (non-hydrogen) atoms. The first-order valence-electron chi connectivity index (χ1n) is 5.67. The number of ether oxygens (including phenoxy) is 1. The molecule has 0 aliphatic rings. The molecule has 1 aromatic heterocycles. The number of aromatic carboxylic acids is 1. The molecule has 0 amide bonds. The normalized spacial score (nSPS) is 10.1. The van der Waals surface area contributed by atoms with Crippen LogP contribution in [0.15, 0.2) is 24.3 Å². The lowest BCUT2D eigenvalue weighted by Crippen LogP contribution is -1.99. The molecular formula is C14H10FNO3S. The summed E-state index contributed by atoms with van der Waals surface area (Å²) in [5.41, 5.74) is 0.555. The molecule has 0 atom stereocenters. The third-order valence-corrected chi connectivity index (χ3v) is 3.78. The second-order valence-corrected chi connectivity index (χ2v) is 5.27. The van der Waals surface area contributed by atoms with E-state index in [9.17, 15) is 9.18 Å². The van der Waals surface area contributed by atoms with E-state index in [0.29, 0.717) is 5.56 Å². The highest BCUT2D eigenvalue weighted by Gasteiger charge is 2.13. The minimum Gasteiger partial charge on any atom is -0.487 e. The maximum absolute atomic E-state index is 13.4. The van der Waals surface area contributed by atoms with Crippen molar-refractivity contribution in [2.45, 2.75) is 13.5 Å². The number of halogens is 1. The largest absolute Gasteiger partial charge is 0.487 e. The van der Waals surface area contributed by atoms with Gasteiger partial charge in [-0.3, -0.25) is 0 Å². The van der Waals surface area contributed by atoms with Crippen molar-refractivity contribution in [1.82, 2.24) is 0 Å². The minimum absolute atomic E-state index is 0.0910. The Morgan fingerprint density at radius 3 is 2.90 bits per heavy atom. The van der Waals surface area contributed by atoms with Gasteiger partial charge in [0.15, 0.2) is 0 Å². The van der Waals surface area contributed by atoms with Crippen LogP contribution in [0.4, 0.5) is 4.39 Å². The molecule has 1 aromatic carbocycles. The van der Waals surface area contributed by atoms with Crippen molar-refractivity contribution in [3.05, 3.63) is 51.0 Å². The summed E-state index contributed by atoms with van der Waals surface area (Å²) in [5.74, 6) is -1.49. The Kier molecular flexibility index (Phi) is 4.01. The first kappa shape index (κ1) is 14.0. The SMILES string of the molecule is Cc1sc(C(=O)O)cc1COc1cccc(F)c1C#N. The third kappa shape index (κ3) is 2.78. The molecule has 2 rings (SSSR count). The Morgan fingerprint density at radius 1 is 1.55 bits per heavy atom. The smallest absolute Gasteiger partial charge is 0.345 e. The highest BCUT2D eigenvalue weighted by molar-refractivity contribution is 7.14. The third-order valence-electron chi connectivity index (χ3n) is 2.70. The number of carbonyl (C=O) groups is 1. The molecule has 0 aliphatic heterocycles. The molecular weight excluding hydrogens is 281 g/mol. The van der Waals surface area contributed by atoms with Gasteiger partial charge in [0, 0.05) is 10.4 Å². The van der Waals surface area contributed by atoms with Crippen LogP contribution in [0.25, 0.3) is 0 Å². The summed E-state index contributed by atoms with van der Waals surface area (Å²) in [7, 11) is 0. The number of thiophene rings is 1. The number of hydrogen-bond acceptors (Lipinski definition) is 4. The van der Waals surface area contributed by atoms with Crippen LogP contribution in [0.3, 0.4) is 0 Å². The van der Waals surface area contributed by atoms with E-state index in [2.05, 4.69) is 0 Å². The number of rotatable bonds is 4. The summed E-state index contributed by atoms with van der Waals surface area (Å²) in [5, 5.41) is 17.8. The fourth-order valence-corrected chi connectivity index (χ4v) is 2.52. The van der Waals surface area contributed by atoms with E-state index in [4.69, 9.17) is 15.1 Å². The number of carboxylic acid groups (broad SMARTS) is 1. The van der Waals surface area contributed by atoms with E-state index in [-0.39, 0.29) is 22.8 Å². The summed E-state index contributed by atoms with van der Waals surface area (Å²) in [6.07, 6.45) is 0. The van der Waals surface area contributed by atoms with Crippen LogP contribution >= 0.6 is 11.3 Å². The molecule has 0 unspecified atom stereocenters. The Balaban J connectivity index is 2.20. The Labute approximate surface area is 118 Å². The van der Waals surface area contributed by atoms with Crippen molar-refractivity contribution >= 4 is 17.3 Å². The second kappa shape index (κ2) is 5.72. The van der Waals surface area contributed by atoms with Crippen LogP contribution in [0.5, 0.6) is 5.75 Å². The van der Waals surface area contributed by atoms with Crippen molar-refractivity contribution in [3.8, 4) is 11.8 Å². The zero-order valence-corrected chi connectivity index (χ0v) is 11.3. The molecule has 4 nitrogen and oxygen atoms in total. The monoisotopic (exact) mass is 291 g/mol. The standard InChI is InChI=1S/C14H10FNO3S/c1-8-9(5-13(20-8)14(17)18)7-19-12-4-2-3-11(15)10(12)6-16/h2-5H,7H2,1H3,(H,17,18). The van der Waals surface area contributed by atoms with Crippen LogP contribution in [-0.2, 0) is 6.61 Å². The molecule has 0 spiro atoms. The Bertz CT molecular complexity index is 703. The lowest BCUT2D eigenvalue weighted by atomic mass is 10.2. The fourth-order valence-electron chi connectivity index (χ4n) is 1.66. The summed E-state index contributed by atoms with van der Waals surface area (Å²) < 4.78 is 18.8. The van der Waals surface area contributed by atoms with Gasteiger partial charge in [-0.1, -0.05) is 6.07 Å². The van der Waals surface area contributed by atoms with Crippen LogP contribution in [0.1, 0.15) is 25.7 Å². The predicted octanol–water partition coefficient (Wildman–Crippen LogP) is 3.34. The van der Waals surface area contributed by atoms with Gasteiger partial charge >= 0.3 is 5.97 Å². The number of nitriles is 1. The highest BCUT2D eigenvalue weighted by atomic mass is 32.1. The van der Waals surface area contributed by atoms with Gasteiger partial charge in [0.2, 0.25) is 0 Å². The summed E-state index contributed by atoms with van der Waals surface area (Å²) >= 11 is 1.15. The van der Waals surface area contributed by atoms with E-state index in [1.54, 1.807) is 13.0 Å². The number of nitrogens with zero attached hydrogens (tertiary/aromatic N) is 1. The van der Waals surface area contributed by atoms with Crippen molar-refractivity contribution < 1.29 is 19.0 Å². The first-order chi connectivity index (χ1) is 9.52. The van der Waals surface area contributed by atoms with E-state index >= 15 is 0 Å². The van der Waals surface area contributed by atoms with Gasteiger partial charge < -0.3 is 9.84 Å². The van der Waals surface area contributed by atoms with Crippen molar-refractivity contribution in [3.63, 3.8) is 0 Å². The number of aryl methyl sites for hydroxylation is 1. The maximum Gasteiger partial charge on any atom is 0.345 e. The molecule has 0 aliphatic carbocycles. The van der Waals surface area contributed by atoms with Gasteiger partial charge in [0.1, 0.15) is 34.7 Å². The van der Waals surface area contributed by atoms with E-state index < -0.39 is 11.8 Å². The number of benzene rings is 1. The average Bonchev–Trinajstić information content (AvgIpc) is 2.78. The fraction of sp³-hybridized carbons (Fsp3) is 0.143. The summed E-state index contributed by atoms with van der Waals surface area (Å²) in [6.45, 7) is 1.88. The zero-order valence-electron chi connectivity index (χ0n) is 10.5. The molecule has 0 fully saturated rings. The first-order valence-corrected chi connectivity index (χ1v) is 6.48. The van der Waals surface area contributed by atoms with E-state index in [1.165, 1.54) is 24.3 Å². The molecule has 0 saturated carbocycles. The molecule has 0 saturated heterocycles. The summed E-state index contributed by atoms with van der Waals surface area (Å²) in [6, 6.07) is 7.41. The lowest BCUT2D eigenvalue weighted by Gasteiger charge is -2.07. The maximum atomic E-state index is 13.4. The minimum atomic E-state index is -0.993. The van der Waals surface area contributed by atoms with Gasteiger partial charge in [-0.2, -0.15) is 5.26 Å². The quantitative estimate of drug-likeness (QED) is 0.937. The van der Waals surface area contributed by atoms with Crippen molar-refractivity contribution in [1.29, 1.82) is 5.26 Å². The number of carboxylic acids is 1. The van der Waals surface area contributed by atoms with Crippen LogP contribution in [0, 0.1) is 24.1 Å². The highest BCUT2D eigenvalue weighted by Crippen LogP contribution is 2.25. The topological polar surface area (TPSA) is 70.3 Å². The molecule has 1 N–H and O–H groups in total. The Hall–Kier alpha value is -2.39. The van der Waals surface area contributed by atoms with Gasteiger partial charge in [-0.15, -0.1) is 11.3 Å². The van der Waals surface area contributed by atoms with Crippen molar-refractivity contribution in [2.75, 3.05) is 0 Å². The van der Waals surface area contributed by atoms with Gasteiger partial charge in [-0.25, -0.2) is 9.18 Å². The van der Waals surface area contributed by atoms with Crippen LogP contribution in [0.2, 0.25) is 0 Å². The van der Waals surface area contributed by atoms with E-state index in [0.717, 1.165) is 16.2 Å². The second-order valence-electron chi connectivity index (χ2n) is 4.01. The Morgan fingerprint density at radius 2 is 2.30 bits per heavy atom. The molecule has 0 bridgehead atoms.